The van der Waals surface area contributed by atoms with Crippen LogP contribution in [0.5, 0.6) is 0 Å². The molecule has 4 nitrogen and oxygen atoms in total. The molecule has 2 N–H and O–H groups in total. The van der Waals surface area contributed by atoms with Crippen LogP contribution in [0.3, 0.4) is 0 Å². The van der Waals surface area contributed by atoms with Gasteiger partial charge in [-0.15, -0.1) is 11.8 Å². The molecule has 4 rings (SSSR count). The summed E-state index contributed by atoms with van der Waals surface area (Å²) in [6, 6.07) is 19.5. The van der Waals surface area contributed by atoms with Crippen LogP contribution < -0.4 is 15.5 Å². The van der Waals surface area contributed by atoms with Gasteiger partial charge in [0.15, 0.2) is 5.96 Å². The maximum atomic E-state index is 4.39. The van der Waals surface area contributed by atoms with Crippen LogP contribution in [0.2, 0.25) is 0 Å². The largest absolute Gasteiger partial charge is 0.364 e. The zero-order chi connectivity index (χ0) is 19.2. The van der Waals surface area contributed by atoms with Crippen molar-refractivity contribution in [3.63, 3.8) is 0 Å². The molecule has 0 saturated heterocycles. The van der Waals surface area contributed by atoms with Crippen LogP contribution in [0.1, 0.15) is 18.4 Å². The van der Waals surface area contributed by atoms with E-state index in [0.717, 1.165) is 32.1 Å². The maximum Gasteiger partial charge on any atom is 0.191 e. The molecular formula is C23H28N4S. The molecule has 0 radical (unpaired) electrons. The van der Waals surface area contributed by atoms with E-state index in [1.807, 2.05) is 18.8 Å². The maximum absolute atomic E-state index is 4.39. The van der Waals surface area contributed by atoms with Crippen molar-refractivity contribution in [2.45, 2.75) is 29.0 Å². The Hall–Kier alpha value is -2.40. The lowest BCUT2D eigenvalue weighted by Crippen LogP contribution is -2.40. The highest BCUT2D eigenvalue weighted by Gasteiger charge is 2.43. The molecule has 1 heterocycles. The minimum atomic E-state index is 0.310. The fourth-order valence-corrected chi connectivity index (χ4v) is 4.60. The molecule has 0 spiro atoms. The second-order valence-electron chi connectivity index (χ2n) is 7.42. The van der Waals surface area contributed by atoms with Crippen molar-refractivity contribution in [2.75, 3.05) is 31.6 Å². The van der Waals surface area contributed by atoms with Gasteiger partial charge in [0.1, 0.15) is 0 Å². The van der Waals surface area contributed by atoms with E-state index in [9.17, 15) is 0 Å². The lowest BCUT2D eigenvalue weighted by Gasteiger charge is -2.19. The number of benzene rings is 2. The third-order valence-corrected chi connectivity index (χ3v) is 6.76. The molecule has 0 bridgehead atoms. The van der Waals surface area contributed by atoms with Gasteiger partial charge in [-0.3, -0.25) is 4.99 Å². The Morgan fingerprint density at radius 1 is 1.00 bits per heavy atom. The Labute approximate surface area is 172 Å². The van der Waals surface area contributed by atoms with Gasteiger partial charge in [0.05, 0.1) is 0 Å². The normalized spacial score (nSPS) is 17.6. The second kappa shape index (κ2) is 8.74. The first-order valence-corrected chi connectivity index (χ1v) is 10.8. The van der Waals surface area contributed by atoms with E-state index >= 15 is 0 Å². The number of guanidine groups is 1. The first-order valence-electron chi connectivity index (χ1n) is 9.94. The van der Waals surface area contributed by atoms with Crippen LogP contribution in [-0.2, 0) is 6.54 Å². The van der Waals surface area contributed by atoms with Crippen molar-refractivity contribution in [2.24, 2.45) is 4.99 Å². The summed E-state index contributed by atoms with van der Waals surface area (Å²) in [6.07, 6.45) is 6.94. The van der Waals surface area contributed by atoms with Gasteiger partial charge >= 0.3 is 0 Å². The van der Waals surface area contributed by atoms with Crippen LogP contribution in [0.15, 0.2) is 76.6 Å². The zero-order valence-electron chi connectivity index (χ0n) is 16.4. The molecule has 0 atom stereocenters. The van der Waals surface area contributed by atoms with Crippen molar-refractivity contribution in [3.8, 4) is 0 Å². The SMILES string of the molecule is CN=C(NCc1ccc(N2CC=CC2)cc1)NCC1(Sc2ccccc2)CC1. The summed E-state index contributed by atoms with van der Waals surface area (Å²) in [5, 5.41) is 6.96. The molecular weight excluding hydrogens is 364 g/mol. The molecule has 28 heavy (non-hydrogen) atoms. The number of nitrogens with zero attached hydrogens (tertiary/aromatic N) is 2. The van der Waals surface area contributed by atoms with E-state index in [4.69, 9.17) is 0 Å². The average molecular weight is 393 g/mol. The van der Waals surface area contributed by atoms with Gasteiger partial charge in [-0.1, -0.05) is 42.5 Å². The van der Waals surface area contributed by atoms with Crippen molar-refractivity contribution in [1.29, 1.82) is 0 Å². The molecule has 1 aliphatic carbocycles. The van der Waals surface area contributed by atoms with E-state index in [1.54, 1.807) is 0 Å². The summed E-state index contributed by atoms with van der Waals surface area (Å²) < 4.78 is 0.310. The smallest absolute Gasteiger partial charge is 0.191 e. The summed E-state index contributed by atoms with van der Waals surface area (Å²) in [6.45, 7) is 3.73. The molecule has 0 aromatic heterocycles. The first kappa shape index (κ1) is 18.9. The monoisotopic (exact) mass is 392 g/mol. The predicted octanol–water partition coefficient (Wildman–Crippen LogP) is 4.05. The first-order chi connectivity index (χ1) is 13.8. The lowest BCUT2D eigenvalue weighted by atomic mass is 10.2. The zero-order valence-corrected chi connectivity index (χ0v) is 17.2. The van der Waals surface area contributed by atoms with Gasteiger partial charge in [0, 0.05) is 48.6 Å². The molecule has 1 saturated carbocycles. The van der Waals surface area contributed by atoms with Crippen LogP contribution in [-0.4, -0.2) is 37.4 Å². The van der Waals surface area contributed by atoms with Crippen molar-refractivity contribution in [1.82, 2.24) is 10.6 Å². The molecule has 2 aliphatic rings. The van der Waals surface area contributed by atoms with Crippen LogP contribution in [0.4, 0.5) is 5.69 Å². The molecule has 1 aliphatic heterocycles. The minimum absolute atomic E-state index is 0.310. The van der Waals surface area contributed by atoms with Gasteiger partial charge in [0.2, 0.25) is 0 Å². The van der Waals surface area contributed by atoms with Gasteiger partial charge in [-0.25, -0.2) is 0 Å². The number of hydrogen-bond acceptors (Lipinski definition) is 3. The van der Waals surface area contributed by atoms with Crippen molar-refractivity contribution < 1.29 is 0 Å². The van der Waals surface area contributed by atoms with Crippen LogP contribution in [0.25, 0.3) is 0 Å². The Morgan fingerprint density at radius 3 is 2.36 bits per heavy atom. The lowest BCUT2D eigenvalue weighted by molar-refractivity contribution is 0.766. The van der Waals surface area contributed by atoms with Gasteiger partial charge in [-0.05, 0) is 42.7 Å². The van der Waals surface area contributed by atoms with E-state index in [2.05, 4.69) is 87.3 Å². The molecule has 146 valence electrons. The van der Waals surface area contributed by atoms with E-state index in [0.29, 0.717) is 4.75 Å². The minimum Gasteiger partial charge on any atom is -0.364 e. The highest BCUT2D eigenvalue weighted by Crippen LogP contribution is 2.51. The second-order valence-corrected chi connectivity index (χ2v) is 8.96. The van der Waals surface area contributed by atoms with Crippen LogP contribution in [0, 0.1) is 0 Å². The summed E-state index contributed by atoms with van der Waals surface area (Å²) in [5.41, 5.74) is 2.54. The topological polar surface area (TPSA) is 39.7 Å². The Balaban J connectivity index is 1.25. The quantitative estimate of drug-likeness (QED) is 0.424. The number of hydrogen-bond donors (Lipinski definition) is 2. The Kier molecular flexibility index (Phi) is 5.91. The molecule has 2 aromatic carbocycles. The standard InChI is InChI=1S/C23H28N4S/c1-24-22(26-18-23(13-14-23)28-21-7-3-2-4-8-21)25-17-19-9-11-20(12-10-19)27-15-5-6-16-27/h2-12H,13-18H2,1H3,(H2,24,25,26). The molecule has 1 fully saturated rings. The number of aliphatic imine (C=N–C) groups is 1. The predicted molar refractivity (Wildman–Crippen MR) is 120 cm³/mol. The third kappa shape index (κ3) is 4.90. The summed E-state index contributed by atoms with van der Waals surface area (Å²) in [7, 11) is 1.84. The Bertz CT molecular complexity index is 817. The number of nitrogens with one attached hydrogen (secondary N) is 2. The number of rotatable bonds is 7. The van der Waals surface area contributed by atoms with Gasteiger partial charge in [-0.2, -0.15) is 0 Å². The fraction of sp³-hybridized carbons (Fsp3) is 0.348. The fourth-order valence-electron chi connectivity index (χ4n) is 3.36. The highest BCUT2D eigenvalue weighted by atomic mass is 32.2. The summed E-state index contributed by atoms with van der Waals surface area (Å²) in [4.78, 5) is 8.09. The van der Waals surface area contributed by atoms with Crippen molar-refractivity contribution >= 4 is 23.4 Å². The van der Waals surface area contributed by atoms with E-state index < -0.39 is 0 Å². The third-order valence-electron chi connectivity index (χ3n) is 5.27. The number of anilines is 1. The molecule has 2 aromatic rings. The Morgan fingerprint density at radius 2 is 1.71 bits per heavy atom. The highest BCUT2D eigenvalue weighted by molar-refractivity contribution is 8.01. The average Bonchev–Trinajstić information content (AvgIpc) is 3.27. The molecule has 0 unspecified atom stereocenters. The summed E-state index contributed by atoms with van der Waals surface area (Å²) >= 11 is 1.98. The molecule has 5 heteroatoms. The molecule has 0 amide bonds. The van der Waals surface area contributed by atoms with Gasteiger partial charge in [0.25, 0.3) is 0 Å². The van der Waals surface area contributed by atoms with Crippen molar-refractivity contribution in [3.05, 3.63) is 72.3 Å². The van der Waals surface area contributed by atoms with Crippen LogP contribution >= 0.6 is 11.8 Å². The number of thioether (sulfide) groups is 1. The van der Waals surface area contributed by atoms with E-state index in [1.165, 1.54) is 29.0 Å². The summed E-state index contributed by atoms with van der Waals surface area (Å²) in [5.74, 6) is 0.868. The van der Waals surface area contributed by atoms with E-state index in [-0.39, 0.29) is 0 Å². The van der Waals surface area contributed by atoms with Gasteiger partial charge < -0.3 is 15.5 Å².